The van der Waals surface area contributed by atoms with Crippen molar-refractivity contribution in [1.29, 1.82) is 0 Å². The Bertz CT molecular complexity index is 1230. The van der Waals surface area contributed by atoms with E-state index in [0.29, 0.717) is 13.2 Å². The van der Waals surface area contributed by atoms with Crippen molar-refractivity contribution in [3.8, 4) is 11.5 Å². The molecule has 3 atom stereocenters. The number of aliphatic hydroxyl groups is 1. The maximum atomic E-state index is 11.3. The predicted octanol–water partition coefficient (Wildman–Crippen LogP) is 4.70. The van der Waals surface area contributed by atoms with Crippen LogP contribution in [0.4, 0.5) is 0 Å². The van der Waals surface area contributed by atoms with E-state index >= 15 is 0 Å². The van der Waals surface area contributed by atoms with E-state index < -0.39 is 6.10 Å². The van der Waals surface area contributed by atoms with Crippen LogP contribution >= 0.6 is 0 Å². The van der Waals surface area contributed by atoms with Crippen molar-refractivity contribution in [2.24, 2.45) is 0 Å². The van der Waals surface area contributed by atoms with Crippen molar-refractivity contribution < 1.29 is 14.6 Å². The summed E-state index contributed by atoms with van der Waals surface area (Å²) in [6.45, 7) is 4.08. The van der Waals surface area contributed by atoms with Crippen LogP contribution in [0, 0.1) is 0 Å². The van der Waals surface area contributed by atoms with Crippen LogP contribution in [0.1, 0.15) is 35.3 Å². The van der Waals surface area contributed by atoms with Gasteiger partial charge in [-0.2, -0.15) is 0 Å². The van der Waals surface area contributed by atoms with Gasteiger partial charge in [-0.1, -0.05) is 0 Å². The van der Waals surface area contributed by atoms with E-state index in [2.05, 4.69) is 66.4 Å². The van der Waals surface area contributed by atoms with E-state index in [1.165, 1.54) is 28.0 Å². The minimum atomic E-state index is -0.597. The second kappa shape index (κ2) is 13.5. The predicted molar refractivity (Wildman–Crippen MR) is 153 cm³/mol. The molecule has 4 rings (SSSR count). The normalized spacial score (nSPS) is 12.8. The monoisotopic (exact) mass is 557 g/mol. The van der Waals surface area contributed by atoms with Gasteiger partial charge < -0.3 is 4.74 Å². The third kappa shape index (κ3) is 7.97. The van der Waals surface area contributed by atoms with Crippen LogP contribution in [0.25, 0.3) is 0 Å². The van der Waals surface area contributed by atoms with E-state index in [4.69, 9.17) is 9.47 Å². The van der Waals surface area contributed by atoms with Crippen LogP contribution in [0.5, 0.6) is 11.5 Å². The summed E-state index contributed by atoms with van der Waals surface area (Å²) >= 11 is 1.50. The van der Waals surface area contributed by atoms with Gasteiger partial charge in [-0.05, 0) is 0 Å². The molecule has 5 heteroatoms. The summed E-state index contributed by atoms with van der Waals surface area (Å²) < 4.78 is 12.4. The number of ether oxygens (including phenoxy) is 2. The van der Waals surface area contributed by atoms with Crippen molar-refractivity contribution in [2.75, 3.05) is 13.7 Å². The standard InChI is InChI=1S/C32H36AsNO3/c1-24(19-25-13-16-29(36-2)17-14-25)34(21-26-9-5-3-6-10-26)22-31(35)28-15-18-32(30(33)20-28)37-23-27-11-7-4-8-12-27/h3-18,20,24,31,35H,19,21-23,33H2,1-2H3. The fourth-order valence-corrected chi connectivity index (χ4v) is 5.20. The summed E-state index contributed by atoms with van der Waals surface area (Å²) in [6.07, 6.45) is 0.289. The Labute approximate surface area is 229 Å². The minimum absolute atomic E-state index is 0.238. The van der Waals surface area contributed by atoms with Crippen molar-refractivity contribution in [2.45, 2.75) is 38.6 Å². The molecule has 4 aromatic rings. The molecule has 0 aliphatic carbocycles. The average molecular weight is 558 g/mol. The molecule has 0 saturated heterocycles. The van der Waals surface area contributed by atoms with Gasteiger partial charge in [0, 0.05) is 0 Å². The number of nitrogens with zero attached hydrogens (tertiary/aromatic N) is 1. The maximum absolute atomic E-state index is 11.3. The molecule has 0 aliphatic heterocycles. The van der Waals surface area contributed by atoms with Gasteiger partial charge in [0.25, 0.3) is 0 Å². The van der Waals surface area contributed by atoms with Gasteiger partial charge in [0.15, 0.2) is 0 Å². The quantitative estimate of drug-likeness (QED) is 0.257. The summed E-state index contributed by atoms with van der Waals surface area (Å²) in [6, 6.07) is 35.2. The molecule has 0 spiro atoms. The van der Waals surface area contributed by atoms with Gasteiger partial charge >= 0.3 is 218 Å². The second-order valence-electron chi connectivity index (χ2n) is 9.40. The first-order valence-electron chi connectivity index (χ1n) is 12.7. The van der Waals surface area contributed by atoms with Gasteiger partial charge in [-0.25, -0.2) is 0 Å². The zero-order valence-electron chi connectivity index (χ0n) is 21.6. The van der Waals surface area contributed by atoms with E-state index in [0.717, 1.165) is 39.9 Å². The van der Waals surface area contributed by atoms with Crippen LogP contribution in [0.3, 0.4) is 0 Å². The first kappa shape index (κ1) is 27.0. The van der Waals surface area contributed by atoms with Crippen molar-refractivity contribution in [3.05, 3.63) is 125 Å². The molecule has 0 aromatic heterocycles. The number of hydrogen-bond acceptors (Lipinski definition) is 4. The van der Waals surface area contributed by atoms with Crippen LogP contribution in [0.2, 0.25) is 0 Å². The van der Waals surface area contributed by atoms with Crippen LogP contribution in [-0.4, -0.2) is 46.6 Å². The molecular formula is C32H36AsNO3. The first-order chi connectivity index (χ1) is 18.0. The molecule has 0 saturated carbocycles. The van der Waals surface area contributed by atoms with E-state index in [-0.39, 0.29) is 6.04 Å². The Morgan fingerprint density at radius 2 is 1.46 bits per heavy atom. The van der Waals surface area contributed by atoms with Crippen molar-refractivity contribution in [3.63, 3.8) is 0 Å². The van der Waals surface area contributed by atoms with E-state index in [1.807, 2.05) is 48.5 Å². The average Bonchev–Trinajstić information content (AvgIpc) is 2.93. The Hall–Kier alpha value is -3.04. The molecule has 4 nitrogen and oxygen atoms in total. The summed E-state index contributed by atoms with van der Waals surface area (Å²) in [7, 11) is 1.69. The van der Waals surface area contributed by atoms with Crippen LogP contribution < -0.4 is 13.8 Å². The molecule has 0 fully saturated rings. The van der Waals surface area contributed by atoms with Crippen LogP contribution in [0.15, 0.2) is 103 Å². The molecule has 4 aromatic carbocycles. The topological polar surface area (TPSA) is 41.9 Å². The van der Waals surface area contributed by atoms with Gasteiger partial charge in [0.05, 0.1) is 7.11 Å². The van der Waals surface area contributed by atoms with Crippen molar-refractivity contribution in [1.82, 2.24) is 4.90 Å². The van der Waals surface area contributed by atoms with Gasteiger partial charge in [-0.15, -0.1) is 0 Å². The van der Waals surface area contributed by atoms with Gasteiger partial charge in [-0.3, -0.25) is 0 Å². The number of methoxy groups -OCH3 is 1. The third-order valence-corrected chi connectivity index (χ3v) is 7.55. The zero-order valence-corrected chi connectivity index (χ0v) is 24.0. The fraction of sp³-hybridized carbons (Fsp3) is 0.250. The first-order valence-corrected chi connectivity index (χ1v) is 13.9. The summed E-state index contributed by atoms with van der Waals surface area (Å²) in [5.41, 5.74) is 4.54. The molecule has 0 bridgehead atoms. The molecule has 192 valence electrons. The molecule has 1 N–H and O–H groups in total. The summed E-state index contributed by atoms with van der Waals surface area (Å²) in [5, 5.41) is 11.3. The molecule has 0 radical (unpaired) electrons. The fourth-order valence-electron chi connectivity index (χ4n) is 4.42. The van der Waals surface area contributed by atoms with Crippen LogP contribution in [-0.2, 0) is 19.6 Å². The van der Waals surface area contributed by atoms with Gasteiger partial charge in [0.1, 0.15) is 0 Å². The number of rotatable bonds is 12. The Balaban J connectivity index is 1.45. The molecule has 0 amide bonds. The van der Waals surface area contributed by atoms with E-state index in [1.54, 1.807) is 7.11 Å². The molecule has 37 heavy (non-hydrogen) atoms. The Morgan fingerprint density at radius 1 is 0.811 bits per heavy atom. The number of benzene rings is 4. The summed E-state index contributed by atoms with van der Waals surface area (Å²) in [5.74, 6) is 1.73. The third-order valence-electron chi connectivity index (χ3n) is 6.61. The van der Waals surface area contributed by atoms with E-state index in [9.17, 15) is 5.11 Å². The second-order valence-corrected chi connectivity index (χ2v) is 10.7. The molecule has 3 unspecified atom stereocenters. The van der Waals surface area contributed by atoms with Gasteiger partial charge in [0.2, 0.25) is 0 Å². The van der Waals surface area contributed by atoms with Crippen molar-refractivity contribution >= 4 is 21.2 Å². The molecule has 0 aliphatic rings. The number of hydrogen-bond donors (Lipinski definition) is 1. The number of aliphatic hydroxyl groups excluding tert-OH is 1. The summed E-state index contributed by atoms with van der Waals surface area (Å²) in [4.78, 5) is 2.37. The Morgan fingerprint density at radius 3 is 2.08 bits per heavy atom. The SMILES string of the molecule is COc1ccc(CC(C)N(Cc2ccccc2)CC(O)c2ccc(OCc3ccccc3)c([AsH2])c2)cc1. The zero-order chi connectivity index (χ0) is 26.0. The molecule has 0 heterocycles. The Kier molecular flexibility index (Phi) is 9.84. The molecular weight excluding hydrogens is 521 g/mol.